The largest absolute Gasteiger partial charge is 0.399 e. The number of methoxy groups -OCH3 is 1. The first kappa shape index (κ1) is 13.9. The second kappa shape index (κ2) is 5.61. The third-order valence-electron chi connectivity index (χ3n) is 3.96. The number of nitrogen functional groups attached to an aromatic ring is 1. The Bertz CT molecular complexity index is 473. The molecule has 0 bridgehead atoms. The van der Waals surface area contributed by atoms with Crippen LogP contribution in [0.3, 0.4) is 0 Å². The number of nitrogens with zero attached hydrogens (tertiary/aromatic N) is 1. The normalized spacial score (nSPS) is 23.4. The summed E-state index contributed by atoms with van der Waals surface area (Å²) < 4.78 is 5.46. The van der Waals surface area contributed by atoms with Crippen LogP contribution in [-0.2, 0) is 4.74 Å². The lowest BCUT2D eigenvalue weighted by Gasteiger charge is -2.36. The van der Waals surface area contributed by atoms with Crippen molar-refractivity contribution in [1.82, 2.24) is 4.90 Å². The minimum atomic E-state index is 0.0754. The molecule has 1 amide bonds. The molecule has 1 aromatic carbocycles. The molecule has 0 aliphatic carbocycles. The summed E-state index contributed by atoms with van der Waals surface area (Å²) in [6.45, 7) is 5.55. The van der Waals surface area contributed by atoms with Crippen molar-refractivity contribution in [3.63, 3.8) is 0 Å². The Morgan fingerprint density at radius 2 is 2.21 bits per heavy atom. The molecule has 1 aliphatic rings. The van der Waals surface area contributed by atoms with Gasteiger partial charge in [-0.05, 0) is 43.0 Å². The Morgan fingerprint density at radius 3 is 2.84 bits per heavy atom. The summed E-state index contributed by atoms with van der Waals surface area (Å²) in [5.41, 5.74) is 8.08. The van der Waals surface area contributed by atoms with E-state index in [-0.39, 0.29) is 12.0 Å². The fourth-order valence-electron chi connectivity index (χ4n) is 2.62. The first-order chi connectivity index (χ1) is 9.02. The predicted octanol–water partition coefficient (Wildman–Crippen LogP) is 2.07. The lowest BCUT2D eigenvalue weighted by Crippen LogP contribution is -2.46. The molecule has 4 heteroatoms. The monoisotopic (exact) mass is 262 g/mol. The van der Waals surface area contributed by atoms with Crippen LogP contribution < -0.4 is 5.73 Å². The third-order valence-corrected chi connectivity index (χ3v) is 3.96. The molecule has 104 valence electrons. The fraction of sp³-hybridized carbons (Fsp3) is 0.533. The van der Waals surface area contributed by atoms with Crippen LogP contribution in [0.2, 0.25) is 0 Å². The highest BCUT2D eigenvalue weighted by molar-refractivity contribution is 5.96. The zero-order chi connectivity index (χ0) is 14.0. The lowest BCUT2D eigenvalue weighted by molar-refractivity contribution is -0.00159. The van der Waals surface area contributed by atoms with Gasteiger partial charge in [-0.15, -0.1) is 0 Å². The maximum Gasteiger partial charge on any atom is 0.254 e. The summed E-state index contributed by atoms with van der Waals surface area (Å²) >= 11 is 0. The molecule has 0 aromatic heterocycles. The van der Waals surface area contributed by atoms with Crippen LogP contribution in [0, 0.1) is 12.8 Å². The van der Waals surface area contributed by atoms with Crippen molar-refractivity contribution < 1.29 is 9.53 Å². The molecule has 1 fully saturated rings. The number of aryl methyl sites for hydroxylation is 1. The molecule has 19 heavy (non-hydrogen) atoms. The standard InChI is InChI=1S/C15H22N2O2/c1-10-6-7-17(9-14(10)19-3)15(18)13-5-4-12(16)8-11(13)2/h4-5,8,10,14H,6-7,9,16H2,1-3H3. The summed E-state index contributed by atoms with van der Waals surface area (Å²) in [6.07, 6.45) is 1.12. The summed E-state index contributed by atoms with van der Waals surface area (Å²) in [6, 6.07) is 5.43. The Balaban J connectivity index is 2.15. The van der Waals surface area contributed by atoms with Crippen molar-refractivity contribution in [1.29, 1.82) is 0 Å². The minimum absolute atomic E-state index is 0.0754. The lowest BCUT2D eigenvalue weighted by atomic mass is 9.95. The molecule has 2 rings (SSSR count). The smallest absolute Gasteiger partial charge is 0.254 e. The Kier molecular flexibility index (Phi) is 4.10. The van der Waals surface area contributed by atoms with Gasteiger partial charge in [0.05, 0.1) is 6.10 Å². The SMILES string of the molecule is COC1CN(C(=O)c2ccc(N)cc2C)CCC1C. The van der Waals surface area contributed by atoms with Gasteiger partial charge in [0.25, 0.3) is 5.91 Å². The maximum atomic E-state index is 12.5. The topological polar surface area (TPSA) is 55.6 Å². The van der Waals surface area contributed by atoms with Crippen molar-refractivity contribution in [2.24, 2.45) is 5.92 Å². The highest BCUT2D eigenvalue weighted by atomic mass is 16.5. The van der Waals surface area contributed by atoms with Crippen molar-refractivity contribution in [3.05, 3.63) is 29.3 Å². The number of nitrogens with two attached hydrogens (primary N) is 1. The molecule has 2 atom stereocenters. The first-order valence-corrected chi connectivity index (χ1v) is 6.71. The number of hydrogen-bond donors (Lipinski definition) is 1. The van der Waals surface area contributed by atoms with Crippen molar-refractivity contribution in [2.75, 3.05) is 25.9 Å². The quantitative estimate of drug-likeness (QED) is 0.830. The van der Waals surface area contributed by atoms with Gasteiger partial charge in [0.15, 0.2) is 0 Å². The minimum Gasteiger partial charge on any atom is -0.399 e. The van der Waals surface area contributed by atoms with Gasteiger partial charge >= 0.3 is 0 Å². The third kappa shape index (κ3) is 2.89. The van der Waals surface area contributed by atoms with E-state index in [0.29, 0.717) is 18.2 Å². The molecule has 1 aliphatic heterocycles. The molecule has 0 radical (unpaired) electrons. The van der Waals surface area contributed by atoms with E-state index in [1.54, 1.807) is 13.2 Å². The van der Waals surface area contributed by atoms with Gasteiger partial charge < -0.3 is 15.4 Å². The number of ether oxygens (including phenoxy) is 1. The van der Waals surface area contributed by atoms with E-state index >= 15 is 0 Å². The number of amides is 1. The maximum absolute atomic E-state index is 12.5. The average molecular weight is 262 g/mol. The molecular weight excluding hydrogens is 240 g/mol. The number of hydrogen-bond acceptors (Lipinski definition) is 3. The van der Waals surface area contributed by atoms with E-state index in [0.717, 1.165) is 24.1 Å². The van der Waals surface area contributed by atoms with Crippen LogP contribution >= 0.6 is 0 Å². The number of rotatable bonds is 2. The van der Waals surface area contributed by atoms with E-state index < -0.39 is 0 Å². The Labute approximate surface area is 114 Å². The summed E-state index contributed by atoms with van der Waals surface area (Å²) in [4.78, 5) is 14.4. The molecule has 4 nitrogen and oxygen atoms in total. The average Bonchev–Trinajstić information content (AvgIpc) is 2.38. The Hall–Kier alpha value is -1.55. The van der Waals surface area contributed by atoms with Gasteiger partial charge in [0.2, 0.25) is 0 Å². The van der Waals surface area contributed by atoms with Crippen LogP contribution in [0.5, 0.6) is 0 Å². The number of carbonyl (C=O) groups is 1. The van der Waals surface area contributed by atoms with Crippen LogP contribution in [0.1, 0.15) is 29.3 Å². The number of likely N-dealkylation sites (tertiary alicyclic amines) is 1. The van der Waals surface area contributed by atoms with Crippen LogP contribution in [0.25, 0.3) is 0 Å². The van der Waals surface area contributed by atoms with Crippen molar-refractivity contribution in [3.8, 4) is 0 Å². The van der Waals surface area contributed by atoms with E-state index in [2.05, 4.69) is 6.92 Å². The zero-order valence-electron chi connectivity index (χ0n) is 11.8. The van der Waals surface area contributed by atoms with E-state index in [1.807, 2.05) is 24.0 Å². The predicted molar refractivity (Wildman–Crippen MR) is 76.1 cm³/mol. The van der Waals surface area contributed by atoms with Gasteiger partial charge in [0.1, 0.15) is 0 Å². The fourth-order valence-corrected chi connectivity index (χ4v) is 2.62. The summed E-state index contributed by atoms with van der Waals surface area (Å²) in [5, 5.41) is 0. The van der Waals surface area contributed by atoms with Crippen LogP contribution in [0.15, 0.2) is 18.2 Å². The van der Waals surface area contributed by atoms with Crippen molar-refractivity contribution >= 4 is 11.6 Å². The first-order valence-electron chi connectivity index (χ1n) is 6.71. The number of piperidine rings is 1. The van der Waals surface area contributed by atoms with Gasteiger partial charge in [-0.1, -0.05) is 6.92 Å². The number of carbonyl (C=O) groups excluding carboxylic acids is 1. The Morgan fingerprint density at radius 1 is 1.47 bits per heavy atom. The van der Waals surface area contributed by atoms with Crippen molar-refractivity contribution in [2.45, 2.75) is 26.4 Å². The second-order valence-corrected chi connectivity index (χ2v) is 5.37. The summed E-state index contributed by atoms with van der Waals surface area (Å²) in [7, 11) is 1.71. The van der Waals surface area contributed by atoms with Gasteiger partial charge in [-0.3, -0.25) is 4.79 Å². The van der Waals surface area contributed by atoms with Crippen LogP contribution in [0.4, 0.5) is 5.69 Å². The molecule has 1 aromatic rings. The zero-order valence-corrected chi connectivity index (χ0v) is 11.8. The molecule has 1 heterocycles. The second-order valence-electron chi connectivity index (χ2n) is 5.37. The molecule has 0 saturated carbocycles. The van der Waals surface area contributed by atoms with E-state index in [4.69, 9.17) is 10.5 Å². The highest BCUT2D eigenvalue weighted by Gasteiger charge is 2.29. The summed E-state index contributed by atoms with van der Waals surface area (Å²) in [5.74, 6) is 0.577. The van der Waals surface area contributed by atoms with Crippen LogP contribution in [-0.4, -0.2) is 37.1 Å². The number of anilines is 1. The molecule has 1 saturated heterocycles. The van der Waals surface area contributed by atoms with Gasteiger partial charge in [0, 0.05) is 31.5 Å². The van der Waals surface area contributed by atoms with Gasteiger partial charge in [-0.25, -0.2) is 0 Å². The highest BCUT2D eigenvalue weighted by Crippen LogP contribution is 2.22. The van der Waals surface area contributed by atoms with Gasteiger partial charge in [-0.2, -0.15) is 0 Å². The molecule has 2 unspecified atom stereocenters. The number of benzene rings is 1. The van der Waals surface area contributed by atoms with E-state index in [1.165, 1.54) is 0 Å². The molecular formula is C15H22N2O2. The van der Waals surface area contributed by atoms with E-state index in [9.17, 15) is 4.79 Å². The molecule has 0 spiro atoms. The molecule has 2 N–H and O–H groups in total.